The maximum absolute atomic E-state index is 12.7. The summed E-state index contributed by atoms with van der Waals surface area (Å²) in [4.78, 5) is 4.21. The van der Waals surface area contributed by atoms with Crippen molar-refractivity contribution in [3.05, 3.63) is 0 Å². The van der Waals surface area contributed by atoms with Gasteiger partial charge in [-0.1, -0.05) is 19.8 Å². The van der Waals surface area contributed by atoms with Gasteiger partial charge in [0.25, 0.3) is 0 Å². The van der Waals surface area contributed by atoms with E-state index in [1.807, 2.05) is 0 Å². The monoisotopic (exact) mass is 447 g/mol. The van der Waals surface area contributed by atoms with Crippen molar-refractivity contribution in [3.63, 3.8) is 0 Å². The van der Waals surface area contributed by atoms with E-state index >= 15 is 0 Å². The molecule has 23 heavy (non-hydrogen) atoms. The SMILES string of the molecule is CN=C(NCC1(C)CCCC1)NC1CCC(C(F)(F)F)CC1.I. The van der Waals surface area contributed by atoms with Crippen molar-refractivity contribution in [2.24, 2.45) is 16.3 Å². The molecule has 0 spiro atoms. The molecule has 0 aliphatic heterocycles. The number of guanidine groups is 1. The molecule has 0 aromatic carbocycles. The summed E-state index contributed by atoms with van der Waals surface area (Å²) in [5, 5.41) is 6.65. The van der Waals surface area contributed by atoms with Gasteiger partial charge < -0.3 is 10.6 Å². The molecule has 3 nitrogen and oxygen atoms in total. The standard InChI is InChI=1S/C16H28F3N3.HI/c1-15(9-3-4-10-15)11-21-14(20-2)22-13-7-5-12(6-8-13)16(17,18)19;/h12-13H,3-11H2,1-2H3,(H2,20,21,22);1H. The zero-order valence-electron chi connectivity index (χ0n) is 14.0. The average molecular weight is 447 g/mol. The maximum Gasteiger partial charge on any atom is 0.391 e. The van der Waals surface area contributed by atoms with E-state index in [0.29, 0.717) is 18.3 Å². The summed E-state index contributed by atoms with van der Waals surface area (Å²) in [6.07, 6.45) is 2.54. The zero-order chi connectivity index (χ0) is 16.2. The van der Waals surface area contributed by atoms with E-state index in [4.69, 9.17) is 0 Å². The first-order chi connectivity index (χ1) is 10.3. The molecule has 7 heteroatoms. The molecular formula is C16H29F3IN3. The van der Waals surface area contributed by atoms with Crippen LogP contribution < -0.4 is 10.6 Å². The Hall–Kier alpha value is -0.210. The van der Waals surface area contributed by atoms with Gasteiger partial charge in [0.05, 0.1) is 5.92 Å². The van der Waals surface area contributed by atoms with Crippen LogP contribution in [0.1, 0.15) is 58.3 Å². The van der Waals surface area contributed by atoms with Crippen molar-refractivity contribution in [2.75, 3.05) is 13.6 Å². The maximum atomic E-state index is 12.7. The van der Waals surface area contributed by atoms with Gasteiger partial charge >= 0.3 is 6.18 Å². The molecular weight excluding hydrogens is 418 g/mol. The fourth-order valence-corrected chi connectivity index (χ4v) is 3.66. The first-order valence-electron chi connectivity index (χ1n) is 8.36. The first-order valence-corrected chi connectivity index (χ1v) is 8.36. The number of halogens is 4. The highest BCUT2D eigenvalue weighted by atomic mass is 127. The highest BCUT2D eigenvalue weighted by molar-refractivity contribution is 14.0. The zero-order valence-corrected chi connectivity index (χ0v) is 16.3. The Morgan fingerprint density at radius 2 is 1.70 bits per heavy atom. The van der Waals surface area contributed by atoms with Crippen molar-refractivity contribution < 1.29 is 13.2 Å². The van der Waals surface area contributed by atoms with Gasteiger partial charge in [0, 0.05) is 19.6 Å². The van der Waals surface area contributed by atoms with Gasteiger partial charge in [-0.15, -0.1) is 24.0 Å². The van der Waals surface area contributed by atoms with E-state index in [9.17, 15) is 13.2 Å². The Bertz CT molecular complexity index is 385. The van der Waals surface area contributed by atoms with Crippen LogP contribution in [-0.2, 0) is 0 Å². The van der Waals surface area contributed by atoms with Crippen LogP contribution >= 0.6 is 24.0 Å². The summed E-state index contributed by atoms with van der Waals surface area (Å²) in [7, 11) is 1.72. The van der Waals surface area contributed by atoms with Crippen molar-refractivity contribution in [2.45, 2.75) is 70.5 Å². The van der Waals surface area contributed by atoms with Crippen LogP contribution in [0.15, 0.2) is 4.99 Å². The third kappa shape index (κ3) is 6.31. The van der Waals surface area contributed by atoms with Crippen molar-refractivity contribution in [1.82, 2.24) is 10.6 Å². The third-order valence-electron chi connectivity index (χ3n) is 5.25. The highest BCUT2D eigenvalue weighted by Crippen LogP contribution is 2.38. The minimum Gasteiger partial charge on any atom is -0.356 e. The summed E-state index contributed by atoms with van der Waals surface area (Å²) in [5.74, 6) is -0.401. The summed E-state index contributed by atoms with van der Waals surface area (Å²) >= 11 is 0. The van der Waals surface area contributed by atoms with Crippen LogP contribution in [0, 0.1) is 11.3 Å². The van der Waals surface area contributed by atoms with Gasteiger partial charge in [-0.3, -0.25) is 4.99 Å². The lowest BCUT2D eigenvalue weighted by Crippen LogP contribution is -2.47. The Balaban J connectivity index is 0.00000264. The normalized spacial score (nSPS) is 28.1. The van der Waals surface area contributed by atoms with E-state index < -0.39 is 12.1 Å². The lowest BCUT2D eigenvalue weighted by molar-refractivity contribution is -0.182. The van der Waals surface area contributed by atoms with Gasteiger partial charge in [0.1, 0.15) is 0 Å². The minimum absolute atomic E-state index is 0. The van der Waals surface area contributed by atoms with Crippen LogP contribution in [0.2, 0.25) is 0 Å². The Morgan fingerprint density at radius 3 is 2.17 bits per heavy atom. The molecule has 0 heterocycles. The van der Waals surface area contributed by atoms with Crippen molar-refractivity contribution >= 4 is 29.9 Å². The summed E-state index contributed by atoms with van der Waals surface area (Å²) < 4.78 is 38.0. The average Bonchev–Trinajstić information content (AvgIpc) is 2.90. The second-order valence-corrected chi connectivity index (χ2v) is 7.18. The van der Waals surface area contributed by atoms with E-state index in [1.165, 1.54) is 25.7 Å². The molecule has 0 unspecified atom stereocenters. The quantitative estimate of drug-likeness (QED) is 0.381. The Morgan fingerprint density at radius 1 is 1.13 bits per heavy atom. The fourth-order valence-electron chi connectivity index (χ4n) is 3.66. The van der Waals surface area contributed by atoms with Crippen LogP contribution in [-0.4, -0.2) is 31.8 Å². The van der Waals surface area contributed by atoms with Gasteiger partial charge in [-0.25, -0.2) is 0 Å². The molecule has 0 saturated heterocycles. The van der Waals surface area contributed by atoms with Gasteiger partial charge in [-0.05, 0) is 43.9 Å². The first kappa shape index (κ1) is 20.8. The third-order valence-corrected chi connectivity index (χ3v) is 5.25. The van der Waals surface area contributed by atoms with Crippen LogP contribution in [0.5, 0.6) is 0 Å². The number of alkyl halides is 3. The number of aliphatic imine (C=N–C) groups is 1. The Kier molecular flexibility index (Phi) is 7.93. The van der Waals surface area contributed by atoms with Gasteiger partial charge in [0.15, 0.2) is 5.96 Å². The number of rotatable bonds is 3. The minimum atomic E-state index is -4.04. The predicted octanol–water partition coefficient (Wildman–Crippen LogP) is 4.47. The number of nitrogens with zero attached hydrogens (tertiary/aromatic N) is 1. The number of hydrogen-bond donors (Lipinski definition) is 2. The molecule has 2 rings (SSSR count). The molecule has 0 radical (unpaired) electrons. The predicted molar refractivity (Wildman–Crippen MR) is 98.3 cm³/mol. The second kappa shape index (κ2) is 8.76. The smallest absolute Gasteiger partial charge is 0.356 e. The van der Waals surface area contributed by atoms with Gasteiger partial charge in [-0.2, -0.15) is 13.2 Å². The lowest BCUT2D eigenvalue weighted by atomic mass is 9.85. The molecule has 2 fully saturated rings. The fraction of sp³-hybridized carbons (Fsp3) is 0.938. The molecule has 2 N–H and O–H groups in total. The molecule has 0 aromatic rings. The molecule has 2 aliphatic carbocycles. The molecule has 136 valence electrons. The molecule has 0 aromatic heterocycles. The van der Waals surface area contributed by atoms with E-state index in [2.05, 4.69) is 22.5 Å². The summed E-state index contributed by atoms with van der Waals surface area (Å²) in [6.45, 7) is 3.17. The highest BCUT2D eigenvalue weighted by Gasteiger charge is 2.41. The lowest BCUT2D eigenvalue weighted by Gasteiger charge is -2.32. The molecule has 0 atom stereocenters. The van der Waals surface area contributed by atoms with Crippen molar-refractivity contribution in [3.8, 4) is 0 Å². The molecule has 0 amide bonds. The summed E-state index contributed by atoms with van der Waals surface area (Å²) in [6, 6.07) is 0.0983. The van der Waals surface area contributed by atoms with Crippen molar-refractivity contribution in [1.29, 1.82) is 0 Å². The van der Waals surface area contributed by atoms with Crippen LogP contribution in [0.25, 0.3) is 0 Å². The van der Waals surface area contributed by atoms with E-state index in [1.54, 1.807) is 7.05 Å². The van der Waals surface area contributed by atoms with E-state index in [-0.39, 0.29) is 42.9 Å². The second-order valence-electron chi connectivity index (χ2n) is 7.18. The van der Waals surface area contributed by atoms with E-state index in [0.717, 1.165) is 12.5 Å². The van der Waals surface area contributed by atoms with Crippen LogP contribution in [0.4, 0.5) is 13.2 Å². The largest absolute Gasteiger partial charge is 0.391 e. The topological polar surface area (TPSA) is 36.4 Å². The number of nitrogens with one attached hydrogen (secondary N) is 2. The molecule has 0 bridgehead atoms. The van der Waals surface area contributed by atoms with Crippen LogP contribution in [0.3, 0.4) is 0 Å². The summed E-state index contributed by atoms with van der Waals surface area (Å²) in [5.41, 5.74) is 0.325. The van der Waals surface area contributed by atoms with Gasteiger partial charge in [0.2, 0.25) is 0 Å². The Labute approximate surface area is 154 Å². The molecule has 2 aliphatic rings. The number of hydrogen-bond acceptors (Lipinski definition) is 1. The molecule has 2 saturated carbocycles.